The fraction of sp³-hybridized carbons (Fsp3) is 0.429. The molecule has 1 aliphatic heterocycles. The molecule has 2 aliphatic rings. The van der Waals surface area contributed by atoms with Gasteiger partial charge >= 0.3 is 0 Å². The third kappa shape index (κ3) is 5.95. The monoisotopic (exact) mass is 599 g/mol. The molecule has 8 heteroatoms. The molecule has 1 saturated heterocycles. The molecule has 7 nitrogen and oxygen atoms in total. The van der Waals surface area contributed by atoms with Gasteiger partial charge in [-0.3, -0.25) is 9.59 Å². The third-order valence-electron chi connectivity index (χ3n) is 9.07. The standard InChI is InChI=1S/C35H41N3O4S/c1-23(39)32-21-31-35(43-32)33(25-8-6-5-7-9-25)34(37(31)4)26-10-13-29(14-11-26)42-22-27-20-28(36(3)24(2)40)12-15-30(27)38-16-18-41-19-17-38/h10-15,20-21,25H,5-9,16-19,22H2,1-4H3. The normalized spacial score (nSPS) is 16.0. The number of fused-ring (bicyclic) bond motifs is 1. The number of rotatable bonds is 8. The summed E-state index contributed by atoms with van der Waals surface area (Å²) in [4.78, 5) is 29.1. The average Bonchev–Trinajstić information content (AvgIpc) is 3.59. The second-order valence-electron chi connectivity index (χ2n) is 11.8. The summed E-state index contributed by atoms with van der Waals surface area (Å²) in [5.41, 5.74) is 7.99. The Labute approximate surface area is 258 Å². The van der Waals surface area contributed by atoms with Gasteiger partial charge in [-0.15, -0.1) is 11.3 Å². The number of hydrogen-bond donors (Lipinski definition) is 0. The number of thiophene rings is 1. The molecule has 0 bridgehead atoms. The molecule has 226 valence electrons. The smallest absolute Gasteiger partial charge is 0.223 e. The first-order chi connectivity index (χ1) is 20.8. The number of anilines is 2. The van der Waals surface area contributed by atoms with Crippen LogP contribution in [-0.2, 0) is 23.2 Å². The van der Waals surface area contributed by atoms with E-state index in [1.807, 2.05) is 6.07 Å². The molecule has 0 spiro atoms. The molecule has 2 aromatic carbocycles. The second-order valence-corrected chi connectivity index (χ2v) is 12.9. The summed E-state index contributed by atoms with van der Waals surface area (Å²) < 4.78 is 15.5. The largest absolute Gasteiger partial charge is 0.489 e. The summed E-state index contributed by atoms with van der Waals surface area (Å²) in [6, 6.07) is 16.7. The number of aromatic nitrogens is 1. The lowest BCUT2D eigenvalue weighted by atomic mass is 9.83. The van der Waals surface area contributed by atoms with E-state index in [1.165, 1.54) is 53.6 Å². The molecule has 1 amide bonds. The minimum atomic E-state index is -0.00719. The van der Waals surface area contributed by atoms with Crippen molar-refractivity contribution in [1.82, 2.24) is 4.57 Å². The summed E-state index contributed by atoms with van der Waals surface area (Å²) in [6.07, 6.45) is 6.22. The average molecular weight is 600 g/mol. The van der Waals surface area contributed by atoms with Crippen LogP contribution in [0.4, 0.5) is 11.4 Å². The number of hydrogen-bond acceptors (Lipinski definition) is 6. The van der Waals surface area contributed by atoms with Crippen LogP contribution in [0.15, 0.2) is 48.5 Å². The number of nitrogens with zero attached hydrogens (tertiary/aromatic N) is 3. The van der Waals surface area contributed by atoms with Gasteiger partial charge in [-0.05, 0) is 85.3 Å². The number of ether oxygens (including phenoxy) is 2. The number of aryl methyl sites for hydroxylation is 1. The van der Waals surface area contributed by atoms with E-state index in [-0.39, 0.29) is 11.7 Å². The van der Waals surface area contributed by atoms with Crippen LogP contribution in [0.5, 0.6) is 5.75 Å². The van der Waals surface area contributed by atoms with Crippen LogP contribution in [0.25, 0.3) is 21.5 Å². The van der Waals surface area contributed by atoms with Crippen molar-refractivity contribution in [2.24, 2.45) is 7.05 Å². The van der Waals surface area contributed by atoms with Gasteiger partial charge in [-0.2, -0.15) is 0 Å². The Morgan fingerprint density at radius 1 is 1.00 bits per heavy atom. The minimum Gasteiger partial charge on any atom is -0.489 e. The Hall–Kier alpha value is -3.62. The van der Waals surface area contributed by atoms with E-state index in [1.54, 1.807) is 37.1 Å². The van der Waals surface area contributed by atoms with E-state index in [4.69, 9.17) is 9.47 Å². The third-order valence-corrected chi connectivity index (χ3v) is 10.3. The van der Waals surface area contributed by atoms with Gasteiger partial charge in [0, 0.05) is 51.0 Å². The molecular formula is C35H41N3O4S. The molecule has 1 saturated carbocycles. The summed E-state index contributed by atoms with van der Waals surface area (Å²) >= 11 is 1.65. The van der Waals surface area contributed by atoms with Crippen molar-refractivity contribution in [2.45, 2.75) is 58.5 Å². The summed E-state index contributed by atoms with van der Waals surface area (Å²) in [7, 11) is 3.93. The van der Waals surface area contributed by atoms with Crippen molar-refractivity contribution >= 4 is 44.6 Å². The molecular weight excluding hydrogens is 558 g/mol. The van der Waals surface area contributed by atoms with Gasteiger partial charge < -0.3 is 23.8 Å². The van der Waals surface area contributed by atoms with Crippen molar-refractivity contribution in [2.75, 3.05) is 43.2 Å². The molecule has 0 N–H and O–H groups in total. The molecule has 3 heterocycles. The SMILES string of the molecule is CC(=O)c1cc2c(s1)c(C1CCCCC1)c(-c1ccc(OCc3cc(N(C)C(C)=O)ccc3N3CCOCC3)cc1)n2C. The van der Waals surface area contributed by atoms with Crippen LogP contribution < -0.4 is 14.5 Å². The van der Waals surface area contributed by atoms with E-state index in [2.05, 4.69) is 59.0 Å². The van der Waals surface area contributed by atoms with E-state index in [0.717, 1.165) is 46.2 Å². The molecule has 0 atom stereocenters. The fourth-order valence-corrected chi connectivity index (χ4v) is 7.79. The van der Waals surface area contributed by atoms with E-state index >= 15 is 0 Å². The zero-order valence-corrected chi connectivity index (χ0v) is 26.5. The van der Waals surface area contributed by atoms with E-state index < -0.39 is 0 Å². The van der Waals surface area contributed by atoms with Gasteiger partial charge in [0.05, 0.1) is 34.0 Å². The summed E-state index contributed by atoms with van der Waals surface area (Å²) in [6.45, 7) is 6.69. The van der Waals surface area contributed by atoms with Crippen molar-refractivity contribution in [3.63, 3.8) is 0 Å². The molecule has 2 aromatic heterocycles. The highest BCUT2D eigenvalue weighted by atomic mass is 32.1. The maximum Gasteiger partial charge on any atom is 0.223 e. The first kappa shape index (κ1) is 29.5. The van der Waals surface area contributed by atoms with Crippen LogP contribution in [0, 0.1) is 0 Å². The zero-order chi connectivity index (χ0) is 30.1. The van der Waals surface area contributed by atoms with Crippen LogP contribution in [0.1, 0.15) is 72.7 Å². The Kier molecular flexibility index (Phi) is 8.59. The quantitative estimate of drug-likeness (QED) is 0.196. The molecule has 0 radical (unpaired) electrons. The Balaban J connectivity index is 1.29. The number of carbonyl (C=O) groups excluding carboxylic acids is 2. The second kappa shape index (κ2) is 12.5. The van der Waals surface area contributed by atoms with Crippen molar-refractivity contribution < 1.29 is 19.1 Å². The number of benzene rings is 2. The van der Waals surface area contributed by atoms with Gasteiger partial charge in [0.1, 0.15) is 12.4 Å². The van der Waals surface area contributed by atoms with Gasteiger partial charge in [-0.25, -0.2) is 0 Å². The highest BCUT2D eigenvalue weighted by Gasteiger charge is 2.27. The number of carbonyl (C=O) groups is 2. The van der Waals surface area contributed by atoms with Gasteiger partial charge in [0.25, 0.3) is 0 Å². The van der Waals surface area contributed by atoms with Crippen molar-refractivity contribution in [3.05, 3.63) is 64.5 Å². The number of morpholine rings is 1. The number of amides is 1. The number of Topliss-reactive ketones (excluding diaryl/α,β-unsaturated/α-hetero) is 1. The van der Waals surface area contributed by atoms with E-state index in [0.29, 0.717) is 25.7 Å². The summed E-state index contributed by atoms with van der Waals surface area (Å²) in [5, 5.41) is 0. The summed E-state index contributed by atoms with van der Waals surface area (Å²) in [5.74, 6) is 1.44. The maximum atomic E-state index is 12.2. The van der Waals surface area contributed by atoms with Gasteiger partial charge in [0.2, 0.25) is 5.91 Å². The first-order valence-corrected chi connectivity index (χ1v) is 16.2. The van der Waals surface area contributed by atoms with E-state index in [9.17, 15) is 9.59 Å². The molecule has 1 aliphatic carbocycles. The first-order valence-electron chi connectivity index (χ1n) is 15.4. The van der Waals surface area contributed by atoms with Crippen LogP contribution in [0.3, 0.4) is 0 Å². The van der Waals surface area contributed by atoms with Gasteiger partial charge in [-0.1, -0.05) is 19.3 Å². The van der Waals surface area contributed by atoms with Crippen LogP contribution >= 0.6 is 11.3 Å². The molecule has 2 fully saturated rings. The Morgan fingerprint density at radius 2 is 1.72 bits per heavy atom. The van der Waals surface area contributed by atoms with Crippen LogP contribution in [-0.4, -0.2) is 49.6 Å². The van der Waals surface area contributed by atoms with Crippen LogP contribution in [0.2, 0.25) is 0 Å². The molecule has 0 unspecified atom stereocenters. The molecule has 4 aromatic rings. The fourth-order valence-electron chi connectivity index (χ4n) is 6.59. The highest BCUT2D eigenvalue weighted by molar-refractivity contribution is 7.21. The maximum absolute atomic E-state index is 12.2. The van der Waals surface area contributed by atoms with Crippen molar-refractivity contribution in [3.8, 4) is 17.0 Å². The zero-order valence-electron chi connectivity index (χ0n) is 25.7. The number of ketones is 1. The topological polar surface area (TPSA) is 64.0 Å². The lowest BCUT2D eigenvalue weighted by Crippen LogP contribution is -2.37. The lowest BCUT2D eigenvalue weighted by Gasteiger charge is -2.31. The Morgan fingerprint density at radius 3 is 2.40 bits per heavy atom. The lowest BCUT2D eigenvalue weighted by molar-refractivity contribution is -0.116. The van der Waals surface area contributed by atoms with Gasteiger partial charge in [0.15, 0.2) is 5.78 Å². The highest BCUT2D eigenvalue weighted by Crippen LogP contribution is 2.46. The predicted octanol–water partition coefficient (Wildman–Crippen LogP) is 7.56. The molecule has 6 rings (SSSR count). The minimum absolute atomic E-state index is 0.00719. The molecule has 43 heavy (non-hydrogen) atoms. The predicted molar refractivity (Wildman–Crippen MR) is 175 cm³/mol. The van der Waals surface area contributed by atoms with Crippen molar-refractivity contribution in [1.29, 1.82) is 0 Å². The Bertz CT molecular complexity index is 1620.